The van der Waals surface area contributed by atoms with Crippen LogP contribution in [0, 0.1) is 3.57 Å². The zero-order valence-corrected chi connectivity index (χ0v) is 29.4. The molecule has 0 atom stereocenters. The molecule has 5 aromatic carbocycles. The summed E-state index contributed by atoms with van der Waals surface area (Å²) in [5.41, 5.74) is -5.94. The van der Waals surface area contributed by atoms with E-state index in [4.69, 9.17) is 25.9 Å². The normalized spacial score (nSPS) is 12.0. The van der Waals surface area contributed by atoms with Crippen molar-refractivity contribution in [3.05, 3.63) is 148 Å². The van der Waals surface area contributed by atoms with Crippen molar-refractivity contribution in [1.29, 1.82) is 0 Å². The first-order valence-electron chi connectivity index (χ1n) is 13.6. The molecule has 0 saturated carbocycles. The number of hydrogen-bond donors (Lipinski definition) is 1. The van der Waals surface area contributed by atoms with Crippen molar-refractivity contribution >= 4 is 53.7 Å². The van der Waals surface area contributed by atoms with Gasteiger partial charge in [-0.3, -0.25) is 4.55 Å². The Bertz CT molecular complexity index is 1930. The van der Waals surface area contributed by atoms with Gasteiger partial charge in [-0.15, -0.1) is 0 Å². The number of rotatable bonds is 6. The van der Waals surface area contributed by atoms with Crippen molar-refractivity contribution in [3.8, 4) is 11.1 Å². The summed E-state index contributed by atoms with van der Waals surface area (Å²) in [5, 5.41) is 0. The van der Waals surface area contributed by atoms with Gasteiger partial charge in [-0.05, 0) is 93.7 Å². The minimum atomic E-state index is -6.09. The molecule has 0 fully saturated rings. The molecule has 0 heterocycles. The summed E-state index contributed by atoms with van der Waals surface area (Å²) in [4.78, 5) is 4.05. The van der Waals surface area contributed by atoms with Crippen LogP contribution in [0.5, 0.6) is 0 Å². The summed E-state index contributed by atoms with van der Waals surface area (Å²) in [7, 11) is -12.0. The van der Waals surface area contributed by atoms with Gasteiger partial charge >= 0.3 is 21.1 Å². The van der Waals surface area contributed by atoms with Crippen molar-refractivity contribution < 1.29 is 52.3 Å². The second kappa shape index (κ2) is 17.0. The Morgan fingerprint density at radius 2 is 0.918 bits per heavy atom. The van der Waals surface area contributed by atoms with E-state index in [2.05, 4.69) is 156 Å². The molecule has 1 N–H and O–H groups in total. The standard InChI is InChI=1S/C31H24IS.2CHF3O3S/c32-31-14-8-7-13-30(31)26-19-15-24(16-20-26)23-25-17-21-29(22-18-25)33(27-9-3-1-4-10-27)28-11-5-2-6-12-28;2*2-1(3,4)8(5,6)7/h1-22H,23H2;2*(H,5,6,7)/q+1;;/p-1. The molecular formula is C33H25F6IO6S3. The fourth-order valence-corrected chi connectivity index (χ4v) is 6.78. The number of alkyl halides is 6. The van der Waals surface area contributed by atoms with Crippen LogP contribution < -0.4 is 0 Å². The van der Waals surface area contributed by atoms with E-state index in [1.54, 1.807) is 0 Å². The third-order valence-electron chi connectivity index (χ3n) is 6.24. The maximum absolute atomic E-state index is 10.7. The van der Waals surface area contributed by atoms with Crippen molar-refractivity contribution in [3.63, 3.8) is 0 Å². The molecule has 6 nitrogen and oxygen atoms in total. The van der Waals surface area contributed by atoms with E-state index in [0.29, 0.717) is 0 Å². The summed E-state index contributed by atoms with van der Waals surface area (Å²) in [6.07, 6.45) is 0.941. The van der Waals surface area contributed by atoms with Gasteiger partial charge in [0.2, 0.25) is 0 Å². The van der Waals surface area contributed by atoms with Crippen LogP contribution >= 0.6 is 22.6 Å². The highest BCUT2D eigenvalue weighted by Crippen LogP contribution is 2.32. The summed E-state index contributed by atoms with van der Waals surface area (Å²) in [6.45, 7) is 0. The van der Waals surface area contributed by atoms with Crippen LogP contribution in [0.2, 0.25) is 0 Å². The van der Waals surface area contributed by atoms with E-state index in [-0.39, 0.29) is 10.9 Å². The van der Waals surface area contributed by atoms with E-state index >= 15 is 0 Å². The molecule has 0 radical (unpaired) electrons. The zero-order chi connectivity index (χ0) is 36.5. The molecule has 0 aliphatic carbocycles. The van der Waals surface area contributed by atoms with E-state index in [1.165, 1.54) is 40.5 Å². The molecule has 0 bridgehead atoms. The molecule has 260 valence electrons. The van der Waals surface area contributed by atoms with Crippen LogP contribution in [-0.4, -0.2) is 37.0 Å². The predicted molar refractivity (Wildman–Crippen MR) is 182 cm³/mol. The van der Waals surface area contributed by atoms with Crippen molar-refractivity contribution in [1.82, 2.24) is 0 Å². The maximum Gasteiger partial charge on any atom is 0.522 e. The molecule has 0 spiro atoms. The third-order valence-corrected chi connectivity index (χ3v) is 10.6. The molecule has 0 aliphatic heterocycles. The van der Waals surface area contributed by atoms with Gasteiger partial charge in [-0.25, -0.2) is 8.42 Å². The second-order valence-electron chi connectivity index (χ2n) is 9.75. The highest BCUT2D eigenvalue weighted by atomic mass is 127. The first-order valence-corrected chi connectivity index (χ1v) is 18.8. The fraction of sp³-hybridized carbons (Fsp3) is 0.0909. The van der Waals surface area contributed by atoms with Crippen LogP contribution in [-0.2, 0) is 37.6 Å². The van der Waals surface area contributed by atoms with E-state index in [0.717, 1.165) is 6.42 Å². The highest BCUT2D eigenvalue weighted by Gasteiger charge is 2.44. The number of hydrogen-bond acceptors (Lipinski definition) is 5. The van der Waals surface area contributed by atoms with Gasteiger partial charge in [0.1, 0.15) is 0 Å². The van der Waals surface area contributed by atoms with Gasteiger partial charge in [-0.2, -0.15) is 34.8 Å². The lowest BCUT2D eigenvalue weighted by Crippen LogP contribution is -2.21. The molecule has 0 unspecified atom stereocenters. The lowest BCUT2D eigenvalue weighted by Gasteiger charge is -2.09. The first kappa shape index (κ1) is 40.0. The Balaban J connectivity index is 0.000000338. The van der Waals surface area contributed by atoms with E-state index in [9.17, 15) is 26.3 Å². The smallest absolute Gasteiger partial charge is 0.522 e. The third kappa shape index (κ3) is 12.1. The Labute approximate surface area is 295 Å². The molecular weight excluding hydrogens is 829 g/mol. The second-order valence-corrected chi connectivity index (χ2v) is 15.7. The Morgan fingerprint density at radius 3 is 1.29 bits per heavy atom. The molecule has 0 aliphatic rings. The molecule has 5 rings (SSSR count). The number of benzene rings is 5. The van der Waals surface area contributed by atoms with Crippen molar-refractivity contribution in [2.45, 2.75) is 32.1 Å². The average Bonchev–Trinajstić information content (AvgIpc) is 3.03. The highest BCUT2D eigenvalue weighted by molar-refractivity contribution is 14.1. The SMILES string of the molecule is Ic1ccccc1-c1ccc(Cc2ccc([S+](c3ccccc3)c3ccccc3)cc2)cc1.O=S(=O)(O)C(F)(F)F.O=S(=O)([O-])C(F)(F)F. The van der Waals surface area contributed by atoms with Crippen LogP contribution in [0.25, 0.3) is 11.1 Å². The minimum absolute atomic E-state index is 0.0967. The summed E-state index contributed by atoms with van der Waals surface area (Å²) >= 11 is 2.41. The van der Waals surface area contributed by atoms with Gasteiger partial charge in [0.15, 0.2) is 24.8 Å². The lowest BCUT2D eigenvalue weighted by atomic mass is 10.0. The molecule has 16 heteroatoms. The Kier molecular flexibility index (Phi) is 13.9. The molecule has 0 saturated heterocycles. The Hall–Kier alpha value is -3.42. The predicted octanol–water partition coefficient (Wildman–Crippen LogP) is 9.09. The molecule has 5 aromatic rings. The molecule has 0 amide bonds. The monoisotopic (exact) mass is 854 g/mol. The van der Waals surface area contributed by atoms with E-state index < -0.39 is 31.3 Å². The first-order chi connectivity index (χ1) is 22.8. The van der Waals surface area contributed by atoms with Crippen LogP contribution in [0.4, 0.5) is 26.3 Å². The zero-order valence-electron chi connectivity index (χ0n) is 24.8. The quantitative estimate of drug-likeness (QED) is 0.0600. The minimum Gasteiger partial charge on any atom is -0.741 e. The van der Waals surface area contributed by atoms with Crippen molar-refractivity contribution in [2.24, 2.45) is 0 Å². The van der Waals surface area contributed by atoms with E-state index in [1.807, 2.05) is 0 Å². The largest absolute Gasteiger partial charge is 0.741 e. The van der Waals surface area contributed by atoms with Gasteiger partial charge in [0.05, 0.1) is 10.9 Å². The summed E-state index contributed by atoms with van der Waals surface area (Å²) < 4.78 is 118. The Morgan fingerprint density at radius 1 is 0.571 bits per heavy atom. The summed E-state index contributed by atoms with van der Waals surface area (Å²) in [6, 6.07) is 48.3. The van der Waals surface area contributed by atoms with Gasteiger partial charge in [0, 0.05) is 3.57 Å². The van der Waals surface area contributed by atoms with Crippen LogP contribution in [0.15, 0.2) is 148 Å². The van der Waals surface area contributed by atoms with Gasteiger partial charge < -0.3 is 4.55 Å². The van der Waals surface area contributed by atoms with Crippen molar-refractivity contribution in [2.75, 3.05) is 0 Å². The summed E-state index contributed by atoms with van der Waals surface area (Å²) in [5.74, 6) is 0. The van der Waals surface area contributed by atoms with Gasteiger partial charge in [-0.1, -0.05) is 91.0 Å². The number of halogens is 7. The lowest BCUT2D eigenvalue weighted by molar-refractivity contribution is -0.0519. The van der Waals surface area contributed by atoms with Crippen LogP contribution in [0.1, 0.15) is 11.1 Å². The van der Waals surface area contributed by atoms with Crippen LogP contribution in [0.3, 0.4) is 0 Å². The molecule has 49 heavy (non-hydrogen) atoms. The average molecular weight is 855 g/mol. The maximum atomic E-state index is 10.7. The topological polar surface area (TPSA) is 112 Å². The molecule has 0 aromatic heterocycles. The van der Waals surface area contributed by atoms with Gasteiger partial charge in [0.25, 0.3) is 0 Å². The fourth-order valence-electron chi connectivity index (χ4n) is 4.00.